The van der Waals surface area contributed by atoms with E-state index in [1.54, 1.807) is 6.92 Å². The average molecular weight is 380 g/mol. The molecule has 0 aliphatic rings. The molecule has 0 aliphatic heterocycles. The van der Waals surface area contributed by atoms with Crippen molar-refractivity contribution in [1.82, 2.24) is 0 Å². The zero-order valence-corrected chi connectivity index (χ0v) is 13.6. The van der Waals surface area contributed by atoms with Crippen molar-refractivity contribution in [3.05, 3.63) is 27.1 Å². The molecule has 0 fully saturated rings. The first-order valence-corrected chi connectivity index (χ1v) is 7.45. The fourth-order valence-electron chi connectivity index (χ4n) is 1.45. The third kappa shape index (κ3) is 4.61. The Morgan fingerprint density at radius 1 is 1.33 bits per heavy atom. The lowest BCUT2D eigenvalue weighted by atomic mass is 10.2. The van der Waals surface area contributed by atoms with Crippen molar-refractivity contribution >= 4 is 37.8 Å². The molecule has 1 rings (SSSR count). The minimum absolute atomic E-state index is 0.311. The summed E-state index contributed by atoms with van der Waals surface area (Å²) in [5.41, 5.74) is 0. The molecule has 0 amide bonds. The second-order valence-corrected chi connectivity index (χ2v) is 5.49. The number of hydrogen-bond donors (Lipinski definition) is 0. The molecule has 1 aromatic carbocycles. The van der Waals surface area contributed by atoms with Crippen LogP contribution in [0.25, 0.3) is 0 Å². The van der Waals surface area contributed by atoms with Crippen LogP contribution >= 0.6 is 31.9 Å². The first-order valence-electron chi connectivity index (χ1n) is 5.86. The van der Waals surface area contributed by atoms with Crippen molar-refractivity contribution in [3.63, 3.8) is 0 Å². The van der Waals surface area contributed by atoms with E-state index in [2.05, 4.69) is 31.9 Å². The summed E-state index contributed by atoms with van der Waals surface area (Å²) < 4.78 is 12.5. The average Bonchev–Trinajstić information content (AvgIpc) is 2.32. The standard InChI is InChI=1S/C13H16Br2O3/c1-3-5-12(13(16)17-4-2)18-11-7-6-9(14)8-10(11)15/h6-8,12H,3-5H2,1-2H3. The summed E-state index contributed by atoms with van der Waals surface area (Å²) in [4.78, 5) is 11.7. The second kappa shape index (κ2) is 7.79. The highest BCUT2D eigenvalue weighted by molar-refractivity contribution is 9.11. The Labute approximate surface area is 124 Å². The topological polar surface area (TPSA) is 35.5 Å². The highest BCUT2D eigenvalue weighted by atomic mass is 79.9. The molecular formula is C13H16Br2O3. The van der Waals surface area contributed by atoms with Gasteiger partial charge in [0, 0.05) is 4.47 Å². The molecule has 0 radical (unpaired) electrons. The lowest BCUT2D eigenvalue weighted by molar-refractivity contribution is -0.151. The fraction of sp³-hybridized carbons (Fsp3) is 0.462. The van der Waals surface area contributed by atoms with Gasteiger partial charge in [-0.05, 0) is 47.5 Å². The maximum absolute atomic E-state index is 11.7. The van der Waals surface area contributed by atoms with Crippen LogP contribution in [0.5, 0.6) is 5.75 Å². The summed E-state index contributed by atoms with van der Waals surface area (Å²) in [5, 5.41) is 0. The van der Waals surface area contributed by atoms with Gasteiger partial charge in [-0.1, -0.05) is 29.3 Å². The van der Waals surface area contributed by atoms with Gasteiger partial charge in [0.1, 0.15) is 5.75 Å². The summed E-state index contributed by atoms with van der Waals surface area (Å²) >= 11 is 6.78. The van der Waals surface area contributed by atoms with E-state index in [-0.39, 0.29) is 5.97 Å². The molecule has 0 aliphatic carbocycles. The molecule has 3 nitrogen and oxygen atoms in total. The van der Waals surface area contributed by atoms with Gasteiger partial charge >= 0.3 is 5.97 Å². The van der Waals surface area contributed by atoms with Gasteiger partial charge in [0.05, 0.1) is 11.1 Å². The van der Waals surface area contributed by atoms with Crippen LogP contribution in [0.3, 0.4) is 0 Å². The number of rotatable bonds is 6. The van der Waals surface area contributed by atoms with E-state index in [9.17, 15) is 4.79 Å². The van der Waals surface area contributed by atoms with Crippen LogP contribution in [0.15, 0.2) is 27.1 Å². The van der Waals surface area contributed by atoms with Crippen molar-refractivity contribution in [2.45, 2.75) is 32.8 Å². The van der Waals surface area contributed by atoms with Crippen LogP contribution < -0.4 is 4.74 Å². The van der Waals surface area contributed by atoms with E-state index in [0.717, 1.165) is 15.4 Å². The maximum atomic E-state index is 11.7. The quantitative estimate of drug-likeness (QED) is 0.690. The Balaban J connectivity index is 2.79. The molecule has 5 heteroatoms. The minimum Gasteiger partial charge on any atom is -0.478 e. The second-order valence-electron chi connectivity index (χ2n) is 3.72. The first kappa shape index (κ1) is 15.5. The number of carbonyl (C=O) groups excluding carboxylic acids is 1. The van der Waals surface area contributed by atoms with Gasteiger partial charge in [0.15, 0.2) is 6.10 Å². The van der Waals surface area contributed by atoms with E-state index in [4.69, 9.17) is 9.47 Å². The van der Waals surface area contributed by atoms with Gasteiger partial charge in [0.2, 0.25) is 0 Å². The fourth-order valence-corrected chi connectivity index (χ4v) is 2.59. The minimum atomic E-state index is -0.549. The Morgan fingerprint density at radius 2 is 2.06 bits per heavy atom. The van der Waals surface area contributed by atoms with Gasteiger partial charge in [0.25, 0.3) is 0 Å². The molecule has 0 spiro atoms. The molecule has 0 aromatic heterocycles. The Bertz CT molecular complexity index is 407. The lowest BCUT2D eigenvalue weighted by Crippen LogP contribution is -2.29. The highest BCUT2D eigenvalue weighted by Crippen LogP contribution is 2.29. The van der Waals surface area contributed by atoms with Crippen molar-refractivity contribution in [2.75, 3.05) is 6.61 Å². The van der Waals surface area contributed by atoms with Gasteiger partial charge in [-0.15, -0.1) is 0 Å². The van der Waals surface area contributed by atoms with Gasteiger partial charge in [-0.2, -0.15) is 0 Å². The number of ether oxygens (including phenoxy) is 2. The maximum Gasteiger partial charge on any atom is 0.347 e. The number of halogens is 2. The normalized spacial score (nSPS) is 12.0. The SMILES string of the molecule is CCCC(Oc1ccc(Br)cc1Br)C(=O)OCC. The molecule has 0 saturated carbocycles. The molecule has 1 unspecified atom stereocenters. The van der Waals surface area contributed by atoms with Gasteiger partial charge in [-0.3, -0.25) is 0 Å². The summed E-state index contributed by atoms with van der Waals surface area (Å²) in [6.07, 6.45) is 0.950. The summed E-state index contributed by atoms with van der Waals surface area (Å²) in [5.74, 6) is 0.332. The van der Waals surface area contributed by atoms with Crippen LogP contribution in [0.2, 0.25) is 0 Å². The van der Waals surface area contributed by atoms with Crippen molar-refractivity contribution < 1.29 is 14.3 Å². The third-order valence-electron chi connectivity index (χ3n) is 2.26. The number of hydrogen-bond acceptors (Lipinski definition) is 3. The van der Waals surface area contributed by atoms with Crippen molar-refractivity contribution in [2.24, 2.45) is 0 Å². The van der Waals surface area contributed by atoms with Gasteiger partial charge < -0.3 is 9.47 Å². The molecule has 18 heavy (non-hydrogen) atoms. The Kier molecular flexibility index (Phi) is 6.71. The smallest absolute Gasteiger partial charge is 0.347 e. The van der Waals surface area contributed by atoms with Crippen molar-refractivity contribution in [1.29, 1.82) is 0 Å². The molecule has 0 heterocycles. The van der Waals surface area contributed by atoms with Crippen LogP contribution in [0.1, 0.15) is 26.7 Å². The van der Waals surface area contributed by atoms with E-state index in [1.807, 2.05) is 25.1 Å². The summed E-state index contributed by atoms with van der Waals surface area (Å²) in [6.45, 7) is 4.16. The predicted octanol–water partition coefficient (Wildman–Crippen LogP) is 4.32. The first-order chi connectivity index (χ1) is 8.58. The largest absolute Gasteiger partial charge is 0.478 e. The molecule has 1 atom stereocenters. The Morgan fingerprint density at radius 3 is 2.61 bits per heavy atom. The van der Waals surface area contributed by atoms with E-state index in [1.165, 1.54) is 0 Å². The predicted molar refractivity (Wildman–Crippen MR) is 77.8 cm³/mol. The molecule has 100 valence electrons. The van der Waals surface area contributed by atoms with Crippen LogP contribution in [0, 0.1) is 0 Å². The zero-order valence-electron chi connectivity index (χ0n) is 10.4. The molecule has 0 N–H and O–H groups in total. The Hall–Kier alpha value is -0.550. The number of benzene rings is 1. The molecular weight excluding hydrogens is 364 g/mol. The number of carbonyl (C=O) groups is 1. The molecule has 1 aromatic rings. The molecule has 0 saturated heterocycles. The van der Waals surface area contributed by atoms with E-state index in [0.29, 0.717) is 18.8 Å². The van der Waals surface area contributed by atoms with Crippen LogP contribution in [0.4, 0.5) is 0 Å². The highest BCUT2D eigenvalue weighted by Gasteiger charge is 2.21. The van der Waals surface area contributed by atoms with E-state index >= 15 is 0 Å². The number of esters is 1. The lowest BCUT2D eigenvalue weighted by Gasteiger charge is -2.18. The van der Waals surface area contributed by atoms with E-state index < -0.39 is 6.10 Å². The summed E-state index contributed by atoms with van der Waals surface area (Å²) in [7, 11) is 0. The zero-order chi connectivity index (χ0) is 13.5. The monoisotopic (exact) mass is 378 g/mol. The van der Waals surface area contributed by atoms with Crippen molar-refractivity contribution in [3.8, 4) is 5.75 Å². The van der Waals surface area contributed by atoms with Crippen LogP contribution in [-0.2, 0) is 9.53 Å². The summed E-state index contributed by atoms with van der Waals surface area (Å²) in [6, 6.07) is 5.56. The van der Waals surface area contributed by atoms with Gasteiger partial charge in [-0.25, -0.2) is 4.79 Å². The third-order valence-corrected chi connectivity index (χ3v) is 3.38. The molecule has 0 bridgehead atoms. The van der Waals surface area contributed by atoms with Crippen LogP contribution in [-0.4, -0.2) is 18.7 Å².